The van der Waals surface area contributed by atoms with E-state index in [2.05, 4.69) is 12.2 Å². The predicted molar refractivity (Wildman–Crippen MR) is 75.2 cm³/mol. The minimum absolute atomic E-state index is 0.145. The lowest BCUT2D eigenvalue weighted by Crippen LogP contribution is -2.29. The van der Waals surface area contributed by atoms with Crippen molar-refractivity contribution in [1.29, 1.82) is 0 Å². The summed E-state index contributed by atoms with van der Waals surface area (Å²) in [4.78, 5) is 11.5. The highest BCUT2D eigenvalue weighted by Crippen LogP contribution is 2.18. The minimum atomic E-state index is -0.159. The van der Waals surface area contributed by atoms with Crippen molar-refractivity contribution in [2.75, 3.05) is 20.3 Å². The van der Waals surface area contributed by atoms with Gasteiger partial charge >= 0.3 is 5.97 Å². The van der Waals surface area contributed by atoms with Crippen molar-refractivity contribution < 1.29 is 14.3 Å². The molecule has 0 bridgehead atoms. The van der Waals surface area contributed by atoms with E-state index in [1.54, 1.807) is 7.11 Å². The van der Waals surface area contributed by atoms with Crippen LogP contribution in [0.2, 0.25) is 0 Å². The summed E-state index contributed by atoms with van der Waals surface area (Å²) in [6, 6.07) is 8.06. The zero-order chi connectivity index (χ0) is 14.3. The van der Waals surface area contributed by atoms with Crippen LogP contribution in [-0.2, 0) is 9.53 Å². The van der Waals surface area contributed by atoms with E-state index in [0.29, 0.717) is 13.2 Å². The molecule has 0 saturated carbocycles. The summed E-state index contributed by atoms with van der Waals surface area (Å²) in [6.07, 6.45) is 0. The fourth-order valence-electron chi connectivity index (χ4n) is 1.75. The van der Waals surface area contributed by atoms with E-state index in [9.17, 15) is 4.79 Å². The number of hydrogen-bond donors (Lipinski definition) is 1. The third-order valence-corrected chi connectivity index (χ3v) is 3.01. The Morgan fingerprint density at radius 1 is 1.37 bits per heavy atom. The SMILES string of the molecule is CCOC(=O)C(C)CN[C@@H](C)c1cccc(OC)c1. The monoisotopic (exact) mass is 265 g/mol. The number of esters is 1. The molecule has 0 heterocycles. The van der Waals surface area contributed by atoms with Crippen LogP contribution in [0.3, 0.4) is 0 Å². The quantitative estimate of drug-likeness (QED) is 0.770. The Kier molecular flexibility index (Phi) is 6.36. The molecular formula is C15H23NO3. The molecule has 0 radical (unpaired) electrons. The van der Waals surface area contributed by atoms with Crippen molar-refractivity contribution in [3.05, 3.63) is 29.8 Å². The molecule has 1 N–H and O–H groups in total. The number of hydrogen-bond acceptors (Lipinski definition) is 4. The molecule has 0 fully saturated rings. The van der Waals surface area contributed by atoms with Crippen molar-refractivity contribution in [2.24, 2.45) is 5.92 Å². The molecule has 0 saturated heterocycles. The van der Waals surface area contributed by atoms with E-state index in [-0.39, 0.29) is 17.9 Å². The Bertz CT molecular complexity index is 406. The lowest BCUT2D eigenvalue weighted by Gasteiger charge is -2.17. The maximum atomic E-state index is 11.5. The molecule has 19 heavy (non-hydrogen) atoms. The van der Waals surface area contributed by atoms with E-state index in [0.717, 1.165) is 11.3 Å². The topological polar surface area (TPSA) is 47.6 Å². The van der Waals surface area contributed by atoms with Crippen LogP contribution in [0, 0.1) is 5.92 Å². The van der Waals surface area contributed by atoms with Gasteiger partial charge in [-0.2, -0.15) is 0 Å². The molecule has 106 valence electrons. The molecule has 1 rings (SSSR count). The van der Waals surface area contributed by atoms with E-state index in [1.807, 2.05) is 38.1 Å². The van der Waals surface area contributed by atoms with Gasteiger partial charge in [-0.15, -0.1) is 0 Å². The second-order valence-electron chi connectivity index (χ2n) is 4.56. The van der Waals surface area contributed by atoms with E-state index >= 15 is 0 Å². The molecule has 1 aromatic carbocycles. The van der Waals surface area contributed by atoms with Crippen molar-refractivity contribution in [2.45, 2.75) is 26.8 Å². The van der Waals surface area contributed by atoms with Gasteiger partial charge in [0, 0.05) is 12.6 Å². The third-order valence-electron chi connectivity index (χ3n) is 3.01. The summed E-state index contributed by atoms with van der Waals surface area (Å²) in [5.41, 5.74) is 1.13. The van der Waals surface area contributed by atoms with Crippen LogP contribution < -0.4 is 10.1 Å². The summed E-state index contributed by atoms with van der Waals surface area (Å²) in [5, 5.41) is 3.33. The average molecular weight is 265 g/mol. The number of ether oxygens (including phenoxy) is 2. The number of rotatable bonds is 7. The number of nitrogens with one attached hydrogen (secondary N) is 1. The zero-order valence-corrected chi connectivity index (χ0v) is 12.1. The van der Waals surface area contributed by atoms with Crippen LogP contribution in [0.15, 0.2) is 24.3 Å². The van der Waals surface area contributed by atoms with Gasteiger partial charge in [-0.1, -0.05) is 19.1 Å². The molecule has 4 heteroatoms. The van der Waals surface area contributed by atoms with Crippen LogP contribution in [0.25, 0.3) is 0 Å². The Labute approximate surface area is 115 Å². The first kappa shape index (κ1) is 15.5. The summed E-state index contributed by atoms with van der Waals surface area (Å²) in [6.45, 7) is 6.76. The first-order valence-corrected chi connectivity index (χ1v) is 6.62. The van der Waals surface area contributed by atoms with Gasteiger partial charge in [0.25, 0.3) is 0 Å². The van der Waals surface area contributed by atoms with Gasteiger partial charge in [-0.3, -0.25) is 4.79 Å². The molecule has 2 atom stereocenters. The number of carbonyl (C=O) groups is 1. The van der Waals surface area contributed by atoms with Gasteiger partial charge in [0.15, 0.2) is 0 Å². The van der Waals surface area contributed by atoms with Gasteiger partial charge < -0.3 is 14.8 Å². The maximum absolute atomic E-state index is 11.5. The van der Waals surface area contributed by atoms with Crippen LogP contribution in [-0.4, -0.2) is 26.2 Å². The van der Waals surface area contributed by atoms with Crippen LogP contribution in [0.4, 0.5) is 0 Å². The summed E-state index contributed by atoms with van der Waals surface area (Å²) in [5.74, 6) is 0.533. The van der Waals surface area contributed by atoms with E-state index in [4.69, 9.17) is 9.47 Å². The lowest BCUT2D eigenvalue weighted by molar-refractivity contribution is -0.147. The van der Waals surface area contributed by atoms with Crippen LogP contribution >= 0.6 is 0 Å². The first-order chi connectivity index (χ1) is 9.08. The van der Waals surface area contributed by atoms with Crippen LogP contribution in [0.5, 0.6) is 5.75 Å². The molecule has 0 amide bonds. The highest BCUT2D eigenvalue weighted by Gasteiger charge is 2.15. The highest BCUT2D eigenvalue weighted by molar-refractivity contribution is 5.72. The van der Waals surface area contributed by atoms with Gasteiger partial charge in [0.05, 0.1) is 19.6 Å². The smallest absolute Gasteiger partial charge is 0.309 e. The normalized spacial score (nSPS) is 13.7. The molecule has 1 aromatic rings. The molecule has 0 aliphatic rings. The number of methoxy groups -OCH3 is 1. The molecule has 0 aromatic heterocycles. The van der Waals surface area contributed by atoms with Crippen molar-refractivity contribution in [3.63, 3.8) is 0 Å². The molecule has 0 aliphatic carbocycles. The van der Waals surface area contributed by atoms with Gasteiger partial charge in [0.1, 0.15) is 5.75 Å². The van der Waals surface area contributed by atoms with Crippen LogP contribution in [0.1, 0.15) is 32.4 Å². The van der Waals surface area contributed by atoms with Crippen molar-refractivity contribution in [1.82, 2.24) is 5.32 Å². The first-order valence-electron chi connectivity index (χ1n) is 6.62. The number of carbonyl (C=O) groups excluding carboxylic acids is 1. The number of benzene rings is 1. The Balaban J connectivity index is 2.50. The fourth-order valence-corrected chi connectivity index (χ4v) is 1.75. The fraction of sp³-hybridized carbons (Fsp3) is 0.533. The zero-order valence-electron chi connectivity index (χ0n) is 12.1. The van der Waals surface area contributed by atoms with Crippen molar-refractivity contribution >= 4 is 5.97 Å². The predicted octanol–water partition coefficient (Wildman–Crippen LogP) is 2.55. The lowest BCUT2D eigenvalue weighted by atomic mass is 10.1. The Morgan fingerprint density at radius 3 is 2.74 bits per heavy atom. The van der Waals surface area contributed by atoms with E-state index in [1.165, 1.54) is 0 Å². The molecule has 0 aliphatic heterocycles. The van der Waals surface area contributed by atoms with Gasteiger partial charge in [0.2, 0.25) is 0 Å². The highest BCUT2D eigenvalue weighted by atomic mass is 16.5. The standard InChI is InChI=1S/C15H23NO3/c1-5-19-15(17)11(2)10-16-12(3)13-7-6-8-14(9-13)18-4/h6-9,11-12,16H,5,10H2,1-4H3/t11?,12-/m0/s1. The largest absolute Gasteiger partial charge is 0.497 e. The molecule has 1 unspecified atom stereocenters. The molecular weight excluding hydrogens is 242 g/mol. The summed E-state index contributed by atoms with van der Waals surface area (Å²) in [7, 11) is 1.65. The summed E-state index contributed by atoms with van der Waals surface area (Å²) < 4.78 is 10.2. The second-order valence-corrected chi connectivity index (χ2v) is 4.56. The van der Waals surface area contributed by atoms with E-state index < -0.39 is 0 Å². The van der Waals surface area contributed by atoms with Crippen molar-refractivity contribution in [3.8, 4) is 5.75 Å². The van der Waals surface area contributed by atoms with Gasteiger partial charge in [-0.05, 0) is 31.5 Å². The van der Waals surface area contributed by atoms with Gasteiger partial charge in [-0.25, -0.2) is 0 Å². The Hall–Kier alpha value is -1.55. The molecule has 4 nitrogen and oxygen atoms in total. The maximum Gasteiger partial charge on any atom is 0.309 e. The molecule has 0 spiro atoms. The second kappa shape index (κ2) is 7.79. The summed E-state index contributed by atoms with van der Waals surface area (Å²) >= 11 is 0. The third kappa shape index (κ3) is 4.91. The Morgan fingerprint density at radius 2 is 2.11 bits per heavy atom. The minimum Gasteiger partial charge on any atom is -0.497 e. The average Bonchev–Trinajstić information content (AvgIpc) is 2.44.